The van der Waals surface area contributed by atoms with E-state index in [1.165, 1.54) is 13.8 Å². The number of esters is 1. The van der Waals surface area contributed by atoms with Gasteiger partial charge in [0.15, 0.2) is 0 Å². The van der Waals surface area contributed by atoms with Crippen LogP contribution in [0.25, 0.3) is 0 Å². The molecule has 0 amide bonds. The third-order valence-corrected chi connectivity index (χ3v) is 1.62. The van der Waals surface area contributed by atoms with Crippen LogP contribution in [0.1, 0.15) is 26.7 Å². The van der Waals surface area contributed by atoms with Gasteiger partial charge in [0.05, 0.1) is 13.2 Å². The van der Waals surface area contributed by atoms with E-state index in [0.717, 1.165) is 0 Å². The normalized spacial score (nSPS) is 11.5. The van der Waals surface area contributed by atoms with Crippen molar-refractivity contribution in [1.82, 2.24) is 0 Å². The SMILES string of the molecule is CC(=O)CCCOC(=O)OC(C)OC(=O)CN. The number of ether oxygens (including phenoxy) is 3. The summed E-state index contributed by atoms with van der Waals surface area (Å²) in [6.45, 7) is 2.61. The molecule has 0 saturated heterocycles. The topological polar surface area (TPSA) is 105 Å². The maximum atomic E-state index is 11.0. The molecule has 0 aromatic carbocycles. The van der Waals surface area contributed by atoms with Gasteiger partial charge < -0.3 is 24.7 Å². The first kappa shape index (κ1) is 15.4. The summed E-state index contributed by atoms with van der Waals surface area (Å²) in [4.78, 5) is 32.3. The van der Waals surface area contributed by atoms with Crippen LogP contribution >= 0.6 is 0 Å². The van der Waals surface area contributed by atoms with Crippen LogP contribution in [0.3, 0.4) is 0 Å². The van der Waals surface area contributed by atoms with Crippen LogP contribution in [0, 0.1) is 0 Å². The summed E-state index contributed by atoms with van der Waals surface area (Å²) < 4.78 is 13.8. The molecule has 7 nitrogen and oxygen atoms in total. The smallest absolute Gasteiger partial charge is 0.434 e. The first-order valence-electron chi connectivity index (χ1n) is 5.18. The molecular formula is C10H17NO6. The van der Waals surface area contributed by atoms with E-state index in [-0.39, 0.29) is 18.9 Å². The Morgan fingerprint density at radius 3 is 2.41 bits per heavy atom. The lowest BCUT2D eigenvalue weighted by molar-refractivity contribution is -0.166. The molecule has 0 fully saturated rings. The Hall–Kier alpha value is -1.63. The van der Waals surface area contributed by atoms with E-state index in [4.69, 9.17) is 5.73 Å². The third kappa shape index (κ3) is 9.31. The highest BCUT2D eigenvalue weighted by Gasteiger charge is 2.13. The zero-order chi connectivity index (χ0) is 13.3. The summed E-state index contributed by atoms with van der Waals surface area (Å²) in [6.07, 6.45) is -1.23. The molecule has 0 aliphatic carbocycles. The summed E-state index contributed by atoms with van der Waals surface area (Å²) in [5, 5.41) is 0. The first-order valence-corrected chi connectivity index (χ1v) is 5.18. The van der Waals surface area contributed by atoms with Crippen molar-refractivity contribution in [3.63, 3.8) is 0 Å². The molecule has 0 spiro atoms. The second-order valence-corrected chi connectivity index (χ2v) is 3.28. The predicted octanol–water partition coefficient (Wildman–Crippen LogP) is 0.357. The summed E-state index contributed by atoms with van der Waals surface area (Å²) in [6, 6.07) is 0. The number of carbonyl (C=O) groups is 3. The monoisotopic (exact) mass is 247 g/mol. The Labute approximate surface area is 99.2 Å². The summed E-state index contributed by atoms with van der Waals surface area (Å²) in [5.74, 6) is -0.658. The fourth-order valence-electron chi connectivity index (χ4n) is 0.903. The van der Waals surface area contributed by atoms with Crippen molar-refractivity contribution in [2.75, 3.05) is 13.2 Å². The molecule has 0 aliphatic heterocycles. The number of hydrogen-bond acceptors (Lipinski definition) is 7. The lowest BCUT2D eigenvalue weighted by Gasteiger charge is -2.13. The molecule has 0 bridgehead atoms. The molecule has 0 radical (unpaired) electrons. The van der Waals surface area contributed by atoms with Crippen molar-refractivity contribution in [2.24, 2.45) is 5.73 Å². The molecule has 0 aromatic heterocycles. The number of carbonyl (C=O) groups excluding carboxylic acids is 3. The average molecular weight is 247 g/mol. The zero-order valence-electron chi connectivity index (χ0n) is 9.93. The van der Waals surface area contributed by atoms with Gasteiger partial charge in [0.1, 0.15) is 5.78 Å². The molecule has 7 heteroatoms. The minimum Gasteiger partial charge on any atom is -0.434 e. The van der Waals surface area contributed by atoms with Gasteiger partial charge in [0.25, 0.3) is 0 Å². The van der Waals surface area contributed by atoms with E-state index in [1.807, 2.05) is 0 Å². The van der Waals surface area contributed by atoms with Crippen LogP contribution in [0.15, 0.2) is 0 Å². The van der Waals surface area contributed by atoms with Crippen molar-refractivity contribution < 1.29 is 28.6 Å². The van der Waals surface area contributed by atoms with Gasteiger partial charge in [0.2, 0.25) is 6.29 Å². The Kier molecular flexibility index (Phi) is 7.70. The summed E-state index contributed by atoms with van der Waals surface area (Å²) in [5.41, 5.74) is 5.00. The molecule has 0 aromatic rings. The van der Waals surface area contributed by atoms with E-state index < -0.39 is 18.4 Å². The first-order chi connectivity index (χ1) is 7.95. The molecule has 0 saturated carbocycles. The lowest BCUT2D eigenvalue weighted by atomic mass is 10.2. The van der Waals surface area contributed by atoms with Crippen LogP contribution in [0.2, 0.25) is 0 Å². The van der Waals surface area contributed by atoms with Crippen LogP contribution in [-0.4, -0.2) is 37.3 Å². The Bertz CT molecular complexity index is 278. The maximum Gasteiger partial charge on any atom is 0.511 e. The van der Waals surface area contributed by atoms with Gasteiger partial charge >= 0.3 is 12.1 Å². The summed E-state index contributed by atoms with van der Waals surface area (Å²) in [7, 11) is 0. The molecule has 17 heavy (non-hydrogen) atoms. The third-order valence-electron chi connectivity index (χ3n) is 1.62. The van der Waals surface area contributed by atoms with Gasteiger partial charge in [-0.3, -0.25) is 4.79 Å². The lowest BCUT2D eigenvalue weighted by Crippen LogP contribution is -2.26. The number of rotatable bonds is 7. The number of nitrogens with two attached hydrogens (primary N) is 1. The van der Waals surface area contributed by atoms with Crippen LogP contribution in [-0.2, 0) is 23.8 Å². The minimum atomic E-state index is -1.05. The molecule has 0 aliphatic rings. The van der Waals surface area contributed by atoms with Crippen LogP contribution in [0.4, 0.5) is 4.79 Å². The number of ketones is 1. The molecule has 0 heterocycles. The number of Topliss-reactive ketones (excluding diaryl/α,β-unsaturated/α-hetero) is 1. The standard InChI is InChI=1S/C10H17NO6/c1-7(12)4-3-5-15-10(14)17-8(2)16-9(13)6-11/h8H,3-6,11H2,1-2H3. The largest absolute Gasteiger partial charge is 0.511 e. The fourth-order valence-corrected chi connectivity index (χ4v) is 0.903. The minimum absolute atomic E-state index is 0.0206. The molecule has 0 rings (SSSR count). The van der Waals surface area contributed by atoms with Crippen LogP contribution in [0.5, 0.6) is 0 Å². The van der Waals surface area contributed by atoms with Gasteiger partial charge in [-0.25, -0.2) is 4.79 Å². The second kappa shape index (κ2) is 8.51. The van der Waals surface area contributed by atoms with E-state index >= 15 is 0 Å². The van der Waals surface area contributed by atoms with Gasteiger partial charge in [-0.1, -0.05) is 0 Å². The Morgan fingerprint density at radius 1 is 1.24 bits per heavy atom. The predicted molar refractivity (Wildman–Crippen MR) is 57.0 cm³/mol. The van der Waals surface area contributed by atoms with Crippen molar-refractivity contribution in [3.05, 3.63) is 0 Å². The number of hydrogen-bond donors (Lipinski definition) is 1. The second-order valence-electron chi connectivity index (χ2n) is 3.28. The van der Waals surface area contributed by atoms with E-state index in [9.17, 15) is 14.4 Å². The zero-order valence-corrected chi connectivity index (χ0v) is 9.93. The average Bonchev–Trinajstić information content (AvgIpc) is 2.23. The van der Waals surface area contributed by atoms with E-state index in [2.05, 4.69) is 14.2 Å². The molecule has 1 unspecified atom stereocenters. The molecule has 98 valence electrons. The van der Waals surface area contributed by atoms with Gasteiger partial charge in [-0.15, -0.1) is 0 Å². The van der Waals surface area contributed by atoms with Crippen LogP contribution < -0.4 is 5.73 Å². The molecule has 1 atom stereocenters. The Balaban J connectivity index is 3.64. The van der Waals surface area contributed by atoms with Crippen molar-refractivity contribution >= 4 is 17.9 Å². The maximum absolute atomic E-state index is 11.0. The highest BCUT2D eigenvalue weighted by atomic mass is 16.8. The highest BCUT2D eigenvalue weighted by Crippen LogP contribution is 1.99. The van der Waals surface area contributed by atoms with Gasteiger partial charge in [-0.2, -0.15) is 0 Å². The van der Waals surface area contributed by atoms with E-state index in [1.54, 1.807) is 0 Å². The van der Waals surface area contributed by atoms with E-state index in [0.29, 0.717) is 12.8 Å². The molecular weight excluding hydrogens is 230 g/mol. The Morgan fingerprint density at radius 2 is 1.88 bits per heavy atom. The van der Waals surface area contributed by atoms with Gasteiger partial charge in [0, 0.05) is 13.3 Å². The fraction of sp³-hybridized carbons (Fsp3) is 0.700. The van der Waals surface area contributed by atoms with Crippen molar-refractivity contribution in [2.45, 2.75) is 33.0 Å². The quantitative estimate of drug-likeness (QED) is 0.393. The van der Waals surface area contributed by atoms with Crippen molar-refractivity contribution in [3.8, 4) is 0 Å². The molecule has 2 N–H and O–H groups in total. The van der Waals surface area contributed by atoms with Gasteiger partial charge in [-0.05, 0) is 13.3 Å². The van der Waals surface area contributed by atoms with Crippen molar-refractivity contribution in [1.29, 1.82) is 0 Å². The highest BCUT2D eigenvalue weighted by molar-refractivity contribution is 5.75. The summed E-state index contributed by atoms with van der Waals surface area (Å²) >= 11 is 0.